The van der Waals surface area contributed by atoms with E-state index in [1.807, 2.05) is 50.2 Å². The fourth-order valence-electron chi connectivity index (χ4n) is 5.00. The van der Waals surface area contributed by atoms with E-state index in [0.717, 1.165) is 77.8 Å². The number of hydrogen-bond acceptors (Lipinski definition) is 6. The van der Waals surface area contributed by atoms with E-state index in [-0.39, 0.29) is 12.5 Å². The van der Waals surface area contributed by atoms with Crippen LogP contribution in [-0.4, -0.2) is 42.5 Å². The van der Waals surface area contributed by atoms with Crippen LogP contribution in [0.25, 0.3) is 22.6 Å². The lowest BCUT2D eigenvalue weighted by atomic mass is 9.82. The smallest absolute Gasteiger partial charge is 0.231 e. The average molecular weight is 511 g/mol. The van der Waals surface area contributed by atoms with Gasteiger partial charge in [0.15, 0.2) is 11.5 Å². The number of nitrogens with zero attached hydrogens (tertiary/aromatic N) is 2. The molecule has 2 N–H and O–H groups in total. The minimum Gasteiger partial charge on any atom is -0.454 e. The molecule has 1 aliphatic heterocycles. The lowest BCUT2D eigenvalue weighted by Gasteiger charge is -2.27. The molecule has 1 fully saturated rings. The molecule has 0 bridgehead atoms. The van der Waals surface area contributed by atoms with Crippen LogP contribution in [0.4, 0.5) is 0 Å². The SMILES string of the molecule is CCCCS(=O)(=O)NCC1CCC(c2nc(-c3ccc4c(c3)OCO4)c(-c3cccc(C)n3)[nH]2)CC1. The maximum atomic E-state index is 12.2. The number of unbranched alkanes of at least 4 members (excludes halogenated alkanes) is 1. The van der Waals surface area contributed by atoms with Crippen molar-refractivity contribution in [2.24, 2.45) is 5.92 Å². The number of hydrogen-bond donors (Lipinski definition) is 2. The molecule has 3 heterocycles. The zero-order valence-corrected chi connectivity index (χ0v) is 21.7. The van der Waals surface area contributed by atoms with Crippen LogP contribution < -0.4 is 14.2 Å². The Morgan fingerprint density at radius 3 is 2.64 bits per heavy atom. The van der Waals surface area contributed by atoms with Gasteiger partial charge in [-0.2, -0.15) is 0 Å². The highest BCUT2D eigenvalue weighted by atomic mass is 32.2. The summed E-state index contributed by atoms with van der Waals surface area (Å²) in [7, 11) is -3.17. The molecule has 1 aliphatic carbocycles. The van der Waals surface area contributed by atoms with Gasteiger partial charge in [-0.25, -0.2) is 18.1 Å². The van der Waals surface area contributed by atoms with Crippen LogP contribution in [-0.2, 0) is 10.0 Å². The fourth-order valence-corrected chi connectivity index (χ4v) is 6.30. The number of nitrogens with one attached hydrogen (secondary N) is 2. The summed E-state index contributed by atoms with van der Waals surface area (Å²) in [6.45, 7) is 4.75. The van der Waals surface area contributed by atoms with Crippen molar-refractivity contribution in [2.45, 2.75) is 58.3 Å². The second kappa shape index (κ2) is 10.6. The van der Waals surface area contributed by atoms with Gasteiger partial charge in [0.1, 0.15) is 5.82 Å². The van der Waals surface area contributed by atoms with Crippen LogP contribution in [0.3, 0.4) is 0 Å². The van der Waals surface area contributed by atoms with E-state index >= 15 is 0 Å². The van der Waals surface area contributed by atoms with Crippen molar-refractivity contribution in [1.82, 2.24) is 19.7 Å². The second-order valence-electron chi connectivity index (χ2n) is 9.82. The molecule has 3 aromatic rings. The molecule has 0 spiro atoms. The lowest BCUT2D eigenvalue weighted by molar-refractivity contribution is 0.174. The number of rotatable bonds is 9. The summed E-state index contributed by atoms with van der Waals surface area (Å²) < 4.78 is 38.3. The van der Waals surface area contributed by atoms with Crippen molar-refractivity contribution in [3.05, 3.63) is 47.9 Å². The van der Waals surface area contributed by atoms with Crippen LogP contribution in [0.5, 0.6) is 11.5 Å². The number of ether oxygens (including phenoxy) is 2. The molecule has 36 heavy (non-hydrogen) atoms. The monoisotopic (exact) mass is 510 g/mol. The summed E-state index contributed by atoms with van der Waals surface area (Å²) in [5.41, 5.74) is 4.51. The van der Waals surface area contributed by atoms with Crippen molar-refractivity contribution in [1.29, 1.82) is 0 Å². The molecule has 8 nitrogen and oxygen atoms in total. The van der Waals surface area contributed by atoms with Crippen LogP contribution >= 0.6 is 0 Å². The van der Waals surface area contributed by atoms with Crippen LogP contribution in [0.2, 0.25) is 0 Å². The van der Waals surface area contributed by atoms with Gasteiger partial charge in [0, 0.05) is 23.7 Å². The number of imidazole rings is 1. The van der Waals surface area contributed by atoms with E-state index in [9.17, 15) is 8.42 Å². The van der Waals surface area contributed by atoms with Gasteiger partial charge in [-0.15, -0.1) is 0 Å². The minimum absolute atomic E-state index is 0.212. The number of fused-ring (bicyclic) bond motifs is 1. The molecular weight excluding hydrogens is 476 g/mol. The van der Waals surface area contributed by atoms with Crippen molar-refractivity contribution in [3.63, 3.8) is 0 Å². The number of aryl methyl sites for hydroxylation is 1. The topological polar surface area (TPSA) is 106 Å². The first-order valence-electron chi connectivity index (χ1n) is 12.8. The first-order valence-corrected chi connectivity index (χ1v) is 14.5. The highest BCUT2D eigenvalue weighted by Crippen LogP contribution is 2.41. The minimum atomic E-state index is -3.17. The zero-order chi connectivity index (χ0) is 25.1. The molecule has 0 saturated heterocycles. The Labute approximate surface area is 212 Å². The maximum Gasteiger partial charge on any atom is 0.231 e. The van der Waals surface area contributed by atoms with Crippen LogP contribution in [0, 0.1) is 12.8 Å². The maximum absolute atomic E-state index is 12.2. The number of H-pyrrole nitrogens is 1. The van der Waals surface area contributed by atoms with Gasteiger partial charge in [0.2, 0.25) is 16.8 Å². The van der Waals surface area contributed by atoms with Crippen molar-refractivity contribution >= 4 is 10.0 Å². The predicted octanol–water partition coefficient (Wildman–Crippen LogP) is 5.17. The lowest BCUT2D eigenvalue weighted by Crippen LogP contribution is -2.32. The summed E-state index contributed by atoms with van der Waals surface area (Å²) >= 11 is 0. The third-order valence-corrected chi connectivity index (χ3v) is 8.54. The Kier molecular flexibility index (Phi) is 7.29. The number of aromatic amines is 1. The highest BCUT2D eigenvalue weighted by Gasteiger charge is 2.28. The molecule has 1 aromatic carbocycles. The third-order valence-electron chi connectivity index (χ3n) is 7.10. The Morgan fingerprint density at radius 2 is 1.86 bits per heavy atom. The van der Waals surface area contributed by atoms with E-state index < -0.39 is 10.0 Å². The van der Waals surface area contributed by atoms with Gasteiger partial charge < -0.3 is 14.5 Å². The molecular formula is C27H34N4O4S. The largest absolute Gasteiger partial charge is 0.454 e. The van der Waals surface area contributed by atoms with Gasteiger partial charge in [-0.05, 0) is 75.3 Å². The molecule has 5 rings (SSSR count). The Balaban J connectivity index is 1.34. The molecule has 0 radical (unpaired) electrons. The second-order valence-corrected chi connectivity index (χ2v) is 11.7. The van der Waals surface area contributed by atoms with E-state index in [1.54, 1.807) is 0 Å². The molecule has 0 unspecified atom stereocenters. The molecule has 2 aliphatic rings. The Hall–Kier alpha value is -2.91. The Morgan fingerprint density at radius 1 is 1.06 bits per heavy atom. The number of aromatic nitrogens is 3. The summed E-state index contributed by atoms with van der Waals surface area (Å²) in [5.74, 6) is 3.30. The molecule has 9 heteroatoms. The summed E-state index contributed by atoms with van der Waals surface area (Å²) in [6, 6.07) is 11.9. The van der Waals surface area contributed by atoms with Gasteiger partial charge >= 0.3 is 0 Å². The summed E-state index contributed by atoms with van der Waals surface area (Å²) in [4.78, 5) is 13.4. The number of benzene rings is 1. The molecule has 1 saturated carbocycles. The molecule has 0 amide bonds. The summed E-state index contributed by atoms with van der Waals surface area (Å²) in [5, 5.41) is 0. The molecule has 2 aromatic heterocycles. The Bertz CT molecular complexity index is 1310. The van der Waals surface area contributed by atoms with Crippen LogP contribution in [0.15, 0.2) is 36.4 Å². The van der Waals surface area contributed by atoms with E-state index in [1.165, 1.54) is 0 Å². The van der Waals surface area contributed by atoms with Gasteiger partial charge in [0.25, 0.3) is 0 Å². The first-order chi connectivity index (χ1) is 17.4. The van der Waals surface area contributed by atoms with Crippen molar-refractivity contribution in [2.75, 3.05) is 19.1 Å². The van der Waals surface area contributed by atoms with Crippen molar-refractivity contribution < 1.29 is 17.9 Å². The number of sulfonamides is 1. The number of pyridine rings is 1. The van der Waals surface area contributed by atoms with E-state index in [2.05, 4.69) is 9.71 Å². The first kappa shape index (κ1) is 24.8. The standard InChI is InChI=1S/C27H34N4O4S/c1-3-4-14-36(32,33)28-16-19-8-10-20(11-9-19)27-30-25(21-12-13-23-24(15-21)35-17-34-23)26(31-27)22-7-5-6-18(2)29-22/h5-7,12-13,15,19-20,28H,3-4,8-11,14,16-17H2,1-2H3,(H,30,31). The van der Waals surface area contributed by atoms with Crippen molar-refractivity contribution in [3.8, 4) is 34.1 Å². The fraction of sp³-hybridized carbons (Fsp3) is 0.481. The average Bonchev–Trinajstić information content (AvgIpc) is 3.54. The quantitative estimate of drug-likeness (QED) is 0.411. The van der Waals surface area contributed by atoms with Gasteiger partial charge in [0.05, 0.1) is 22.8 Å². The van der Waals surface area contributed by atoms with E-state index in [4.69, 9.17) is 19.4 Å². The predicted molar refractivity (Wildman–Crippen MR) is 140 cm³/mol. The van der Waals surface area contributed by atoms with E-state index in [0.29, 0.717) is 24.8 Å². The normalized spacial score (nSPS) is 19.5. The molecule has 192 valence electrons. The van der Waals surface area contributed by atoms with Crippen LogP contribution in [0.1, 0.15) is 62.9 Å². The third kappa shape index (κ3) is 5.57. The van der Waals surface area contributed by atoms with Gasteiger partial charge in [-0.3, -0.25) is 4.98 Å². The summed E-state index contributed by atoms with van der Waals surface area (Å²) in [6.07, 6.45) is 5.46. The van der Waals surface area contributed by atoms with Gasteiger partial charge in [-0.1, -0.05) is 19.4 Å². The zero-order valence-electron chi connectivity index (χ0n) is 20.9. The molecule has 0 atom stereocenters. The highest BCUT2D eigenvalue weighted by molar-refractivity contribution is 7.89.